The minimum absolute atomic E-state index is 0.0323. The van der Waals surface area contributed by atoms with Crippen molar-refractivity contribution in [3.05, 3.63) is 0 Å². The van der Waals surface area contributed by atoms with E-state index in [1.165, 1.54) is 12.8 Å². The van der Waals surface area contributed by atoms with Crippen LogP contribution < -0.4 is 0 Å². The van der Waals surface area contributed by atoms with E-state index in [4.69, 9.17) is 14.2 Å². The summed E-state index contributed by atoms with van der Waals surface area (Å²) in [5, 5.41) is 0. The van der Waals surface area contributed by atoms with Crippen LogP contribution in [0.4, 0.5) is 0 Å². The van der Waals surface area contributed by atoms with Crippen molar-refractivity contribution < 1.29 is 19.0 Å². The van der Waals surface area contributed by atoms with Crippen LogP contribution in [0.2, 0.25) is 0 Å². The predicted molar refractivity (Wildman–Crippen MR) is 53.2 cm³/mol. The van der Waals surface area contributed by atoms with E-state index in [-0.39, 0.29) is 25.0 Å². The Hall–Kier alpha value is -0.610. The molecule has 1 saturated carbocycles. The molecule has 86 valence electrons. The molecule has 0 aromatic rings. The summed E-state index contributed by atoms with van der Waals surface area (Å²) in [4.78, 5) is 11.2. The van der Waals surface area contributed by atoms with Crippen molar-refractivity contribution >= 4 is 5.97 Å². The van der Waals surface area contributed by atoms with Gasteiger partial charge in [-0.15, -0.1) is 0 Å². The fourth-order valence-corrected chi connectivity index (χ4v) is 2.55. The van der Waals surface area contributed by atoms with E-state index in [0.717, 1.165) is 12.8 Å². The van der Waals surface area contributed by atoms with Crippen LogP contribution in [0.15, 0.2) is 0 Å². The van der Waals surface area contributed by atoms with Gasteiger partial charge < -0.3 is 14.2 Å². The molecule has 0 amide bonds. The minimum Gasteiger partial charge on any atom is -0.459 e. The third kappa shape index (κ3) is 2.49. The van der Waals surface area contributed by atoms with E-state index < -0.39 is 0 Å². The molecule has 15 heavy (non-hydrogen) atoms. The first-order valence-corrected chi connectivity index (χ1v) is 5.61. The normalized spacial score (nSPS) is 32.2. The number of esters is 1. The number of hydrogen-bond acceptors (Lipinski definition) is 4. The number of carbonyl (C=O) groups excluding carboxylic acids is 1. The third-order valence-corrected chi connectivity index (χ3v) is 3.27. The summed E-state index contributed by atoms with van der Waals surface area (Å²) < 4.78 is 15.7. The Morgan fingerprint density at radius 3 is 2.80 bits per heavy atom. The Balaban J connectivity index is 1.91. The highest BCUT2D eigenvalue weighted by Gasteiger charge is 2.41. The van der Waals surface area contributed by atoms with Crippen molar-refractivity contribution in [1.82, 2.24) is 0 Å². The lowest BCUT2D eigenvalue weighted by Gasteiger charge is -2.22. The molecular weight excluding hydrogens is 196 g/mol. The molecule has 1 aliphatic carbocycles. The topological polar surface area (TPSA) is 44.8 Å². The number of hydrogen-bond donors (Lipinski definition) is 0. The molecule has 2 atom stereocenters. The molecule has 0 aromatic carbocycles. The maximum absolute atomic E-state index is 11.2. The molecule has 0 spiro atoms. The quantitative estimate of drug-likeness (QED) is 0.525. The van der Waals surface area contributed by atoms with Gasteiger partial charge in [-0.1, -0.05) is 12.8 Å². The Labute approximate surface area is 89.9 Å². The first-order chi connectivity index (χ1) is 7.31. The molecule has 1 aliphatic heterocycles. The van der Waals surface area contributed by atoms with Crippen molar-refractivity contribution in [3.8, 4) is 0 Å². The Bertz CT molecular complexity index is 223. The molecule has 1 heterocycles. The van der Waals surface area contributed by atoms with Crippen LogP contribution >= 0.6 is 0 Å². The second-order valence-corrected chi connectivity index (χ2v) is 4.31. The van der Waals surface area contributed by atoms with Crippen LogP contribution in [0.25, 0.3) is 0 Å². The number of cyclic esters (lactones) is 1. The van der Waals surface area contributed by atoms with Crippen molar-refractivity contribution in [3.63, 3.8) is 0 Å². The zero-order valence-corrected chi connectivity index (χ0v) is 9.11. The van der Waals surface area contributed by atoms with Gasteiger partial charge in [0.15, 0.2) is 0 Å². The first kappa shape index (κ1) is 10.9. The van der Waals surface area contributed by atoms with E-state index in [1.807, 2.05) is 0 Å². The molecule has 1 saturated heterocycles. The van der Waals surface area contributed by atoms with Crippen LogP contribution in [0.5, 0.6) is 0 Å². The van der Waals surface area contributed by atoms with Crippen LogP contribution in [0, 0.1) is 5.92 Å². The lowest BCUT2D eigenvalue weighted by atomic mass is 9.96. The van der Waals surface area contributed by atoms with Crippen molar-refractivity contribution in [2.75, 3.05) is 13.9 Å². The summed E-state index contributed by atoms with van der Waals surface area (Å²) in [6.07, 6.45) is 5.06. The summed E-state index contributed by atoms with van der Waals surface area (Å²) in [5.74, 6) is 0.367. The SMILES string of the molecule is COCO[C@@H]1CC(=O)O[C@H]1C1CCCC1. The Morgan fingerprint density at radius 2 is 2.13 bits per heavy atom. The highest BCUT2D eigenvalue weighted by Crippen LogP contribution is 2.35. The van der Waals surface area contributed by atoms with E-state index >= 15 is 0 Å². The Kier molecular flexibility index (Phi) is 3.59. The molecule has 0 N–H and O–H groups in total. The summed E-state index contributed by atoms with van der Waals surface area (Å²) in [6.45, 7) is 0.241. The zero-order valence-electron chi connectivity index (χ0n) is 9.11. The number of ether oxygens (including phenoxy) is 3. The molecule has 2 aliphatic rings. The molecule has 0 radical (unpaired) electrons. The lowest BCUT2D eigenvalue weighted by molar-refractivity contribution is -0.145. The average molecular weight is 214 g/mol. The molecule has 4 heteroatoms. The molecule has 0 unspecified atom stereocenters. The van der Waals surface area contributed by atoms with Crippen LogP contribution in [-0.4, -0.2) is 32.1 Å². The van der Waals surface area contributed by atoms with Gasteiger partial charge in [0.25, 0.3) is 0 Å². The molecular formula is C11H18O4. The van der Waals surface area contributed by atoms with Crippen molar-refractivity contribution in [1.29, 1.82) is 0 Å². The van der Waals surface area contributed by atoms with E-state index in [2.05, 4.69) is 0 Å². The molecule has 0 aromatic heterocycles. The maximum atomic E-state index is 11.2. The van der Waals surface area contributed by atoms with Gasteiger partial charge in [-0.2, -0.15) is 0 Å². The maximum Gasteiger partial charge on any atom is 0.308 e. The second-order valence-electron chi connectivity index (χ2n) is 4.31. The van der Waals surface area contributed by atoms with Gasteiger partial charge in [0.1, 0.15) is 19.0 Å². The van der Waals surface area contributed by atoms with E-state index in [1.54, 1.807) is 7.11 Å². The fourth-order valence-electron chi connectivity index (χ4n) is 2.55. The monoisotopic (exact) mass is 214 g/mol. The smallest absolute Gasteiger partial charge is 0.308 e. The minimum atomic E-state index is -0.131. The highest BCUT2D eigenvalue weighted by atomic mass is 16.7. The Morgan fingerprint density at radius 1 is 1.40 bits per heavy atom. The van der Waals surface area contributed by atoms with Gasteiger partial charge >= 0.3 is 5.97 Å². The lowest BCUT2D eigenvalue weighted by Crippen LogP contribution is -2.31. The highest BCUT2D eigenvalue weighted by molar-refractivity contribution is 5.72. The summed E-state index contributed by atoms with van der Waals surface area (Å²) in [5.41, 5.74) is 0. The van der Waals surface area contributed by atoms with E-state index in [9.17, 15) is 4.79 Å². The number of rotatable bonds is 4. The predicted octanol–water partition coefficient (Wildman–Crippen LogP) is 1.48. The van der Waals surface area contributed by atoms with Crippen LogP contribution in [-0.2, 0) is 19.0 Å². The second kappa shape index (κ2) is 4.94. The molecule has 4 nitrogen and oxygen atoms in total. The van der Waals surface area contributed by atoms with Gasteiger partial charge in [-0.25, -0.2) is 0 Å². The van der Waals surface area contributed by atoms with E-state index in [0.29, 0.717) is 12.3 Å². The zero-order chi connectivity index (χ0) is 10.7. The van der Waals surface area contributed by atoms with Crippen LogP contribution in [0.3, 0.4) is 0 Å². The molecule has 0 bridgehead atoms. The van der Waals surface area contributed by atoms with Gasteiger partial charge in [0, 0.05) is 7.11 Å². The van der Waals surface area contributed by atoms with Gasteiger partial charge in [0.05, 0.1) is 6.42 Å². The van der Waals surface area contributed by atoms with Gasteiger partial charge in [-0.05, 0) is 18.8 Å². The van der Waals surface area contributed by atoms with Crippen LogP contribution in [0.1, 0.15) is 32.1 Å². The first-order valence-electron chi connectivity index (χ1n) is 5.61. The average Bonchev–Trinajstić information content (AvgIpc) is 2.83. The summed E-state index contributed by atoms with van der Waals surface area (Å²) >= 11 is 0. The van der Waals surface area contributed by atoms with Gasteiger partial charge in [0.2, 0.25) is 0 Å². The number of carbonyl (C=O) groups is 1. The van der Waals surface area contributed by atoms with Crippen molar-refractivity contribution in [2.45, 2.75) is 44.3 Å². The molecule has 2 rings (SSSR count). The van der Waals surface area contributed by atoms with Crippen molar-refractivity contribution in [2.24, 2.45) is 5.92 Å². The third-order valence-electron chi connectivity index (χ3n) is 3.27. The largest absolute Gasteiger partial charge is 0.459 e. The summed E-state index contributed by atoms with van der Waals surface area (Å²) in [7, 11) is 1.59. The van der Waals surface area contributed by atoms with Gasteiger partial charge in [-0.3, -0.25) is 4.79 Å². The fraction of sp³-hybridized carbons (Fsp3) is 0.909. The summed E-state index contributed by atoms with van der Waals surface area (Å²) in [6, 6.07) is 0. The number of methoxy groups -OCH3 is 1. The molecule has 2 fully saturated rings. The standard InChI is InChI=1S/C11H18O4/c1-13-7-14-9-6-10(12)15-11(9)8-4-2-3-5-8/h8-9,11H,2-7H2,1H3/t9-,11+/m1/s1.